The zero-order valence-corrected chi connectivity index (χ0v) is 7.58. The van der Waals surface area contributed by atoms with Crippen molar-refractivity contribution in [2.45, 2.75) is 26.7 Å². The van der Waals surface area contributed by atoms with Crippen molar-refractivity contribution in [2.24, 2.45) is 0 Å². The minimum Gasteiger partial charge on any atom is -0.460 e. The summed E-state index contributed by atoms with van der Waals surface area (Å²) in [4.78, 5) is 19.5. The summed E-state index contributed by atoms with van der Waals surface area (Å²) in [5, 5.41) is 7.88. The summed E-state index contributed by atoms with van der Waals surface area (Å²) >= 11 is 0. The average Bonchev–Trinajstić information content (AvgIpc) is 2.14. The highest BCUT2D eigenvalue weighted by atomic mass is 16.5. The fraction of sp³-hybridized carbons (Fsp3) is 0.750. The lowest BCUT2D eigenvalue weighted by molar-refractivity contribution is -0.148. The van der Waals surface area contributed by atoms with Crippen molar-refractivity contribution in [1.82, 2.24) is 0 Å². The number of hydrogen-bond acceptors (Lipinski definition) is 4. The molecular weight excluding hydrogens is 160 g/mol. The summed E-state index contributed by atoms with van der Waals surface area (Å²) in [5.41, 5.74) is 0. The van der Waals surface area contributed by atoms with Crippen LogP contribution in [0.2, 0.25) is 0 Å². The van der Waals surface area contributed by atoms with E-state index in [0.717, 1.165) is 12.8 Å². The molecule has 1 N–H and O–H groups in total. The topological polar surface area (TPSA) is 63.6 Å². The van der Waals surface area contributed by atoms with Gasteiger partial charge in [0.25, 0.3) is 0 Å². The number of aliphatic hydroxyl groups excluding tert-OH is 1. The Balaban J connectivity index is 0. The van der Waals surface area contributed by atoms with E-state index in [0.29, 0.717) is 13.2 Å². The minimum absolute atomic E-state index is 0.162. The third kappa shape index (κ3) is 16.0. The van der Waals surface area contributed by atoms with Crippen molar-refractivity contribution < 1.29 is 19.4 Å². The molecule has 0 unspecified atom stereocenters. The Labute approximate surface area is 72.5 Å². The molecular formula is C8H16O4. The summed E-state index contributed by atoms with van der Waals surface area (Å²) in [6, 6.07) is 0. The van der Waals surface area contributed by atoms with E-state index in [1.807, 2.05) is 13.8 Å². The fourth-order valence-electron chi connectivity index (χ4n) is 0.237. The van der Waals surface area contributed by atoms with Crippen molar-refractivity contribution in [3.05, 3.63) is 0 Å². The number of ether oxygens (including phenoxy) is 1. The van der Waals surface area contributed by atoms with Crippen LogP contribution < -0.4 is 0 Å². The van der Waals surface area contributed by atoms with Gasteiger partial charge in [-0.2, -0.15) is 0 Å². The van der Waals surface area contributed by atoms with Crippen molar-refractivity contribution in [3.8, 4) is 0 Å². The summed E-state index contributed by atoms with van der Waals surface area (Å²) in [5.74, 6) is -0.785. The molecule has 0 aliphatic carbocycles. The van der Waals surface area contributed by atoms with Crippen LogP contribution in [0, 0.1) is 0 Å². The molecule has 0 aromatic carbocycles. The first-order valence-corrected chi connectivity index (χ1v) is 3.95. The van der Waals surface area contributed by atoms with Crippen LogP contribution in [-0.2, 0) is 14.3 Å². The highest BCUT2D eigenvalue weighted by Crippen LogP contribution is 1.77. The summed E-state index contributed by atoms with van der Waals surface area (Å²) in [6.45, 7) is 4.44. The van der Waals surface area contributed by atoms with Gasteiger partial charge in [-0.25, -0.2) is 4.79 Å². The second-order valence-electron chi connectivity index (χ2n) is 2.01. The number of carbonyl (C=O) groups is 2. The van der Waals surface area contributed by atoms with Crippen LogP contribution in [0.4, 0.5) is 0 Å². The van der Waals surface area contributed by atoms with Crippen LogP contribution in [0.15, 0.2) is 0 Å². The highest BCUT2D eigenvalue weighted by Gasteiger charge is 1.94. The van der Waals surface area contributed by atoms with Gasteiger partial charge in [-0.05, 0) is 12.8 Å². The Morgan fingerprint density at radius 2 is 1.92 bits per heavy atom. The van der Waals surface area contributed by atoms with E-state index in [2.05, 4.69) is 4.74 Å². The maximum absolute atomic E-state index is 9.98. The third-order valence-electron chi connectivity index (χ3n) is 0.768. The minimum atomic E-state index is -0.785. The number of carbonyl (C=O) groups excluding carboxylic acids is 2. The Hall–Kier alpha value is -0.900. The third-order valence-corrected chi connectivity index (χ3v) is 0.768. The van der Waals surface area contributed by atoms with E-state index in [1.165, 1.54) is 0 Å². The second-order valence-corrected chi connectivity index (χ2v) is 2.01. The maximum atomic E-state index is 9.98. The molecule has 0 saturated heterocycles. The van der Waals surface area contributed by atoms with Gasteiger partial charge < -0.3 is 9.84 Å². The van der Waals surface area contributed by atoms with Gasteiger partial charge in [-0.1, -0.05) is 13.8 Å². The van der Waals surface area contributed by atoms with Gasteiger partial charge in [0, 0.05) is 6.61 Å². The van der Waals surface area contributed by atoms with E-state index in [9.17, 15) is 9.59 Å². The molecule has 0 aromatic heterocycles. The molecule has 0 amide bonds. The molecule has 0 heterocycles. The van der Waals surface area contributed by atoms with Crippen LogP contribution in [0.5, 0.6) is 0 Å². The smallest absolute Gasteiger partial charge is 0.371 e. The molecule has 0 spiro atoms. The predicted octanol–water partition coefficient (Wildman–Crippen LogP) is 0.527. The van der Waals surface area contributed by atoms with Crippen LogP contribution in [-0.4, -0.2) is 30.6 Å². The van der Waals surface area contributed by atoms with Crippen molar-refractivity contribution in [2.75, 3.05) is 13.2 Å². The lowest BCUT2D eigenvalue weighted by Gasteiger charge is -1.92. The Kier molecular flexibility index (Phi) is 14.5. The molecule has 4 nitrogen and oxygen atoms in total. The Morgan fingerprint density at radius 3 is 2.17 bits per heavy atom. The number of aldehydes is 1. The Morgan fingerprint density at radius 1 is 1.42 bits per heavy atom. The molecule has 0 radical (unpaired) electrons. The van der Waals surface area contributed by atoms with Gasteiger partial charge in [0.1, 0.15) is 0 Å². The average molecular weight is 176 g/mol. The first-order valence-electron chi connectivity index (χ1n) is 3.95. The highest BCUT2D eigenvalue weighted by molar-refractivity contribution is 6.20. The van der Waals surface area contributed by atoms with Gasteiger partial charge in [-0.3, -0.25) is 4.79 Å². The van der Waals surface area contributed by atoms with Crippen molar-refractivity contribution in [3.63, 3.8) is 0 Å². The van der Waals surface area contributed by atoms with Crippen molar-refractivity contribution in [1.29, 1.82) is 0 Å². The monoisotopic (exact) mass is 176 g/mol. The first-order chi connectivity index (χ1) is 5.72. The molecule has 0 rings (SSSR count). The van der Waals surface area contributed by atoms with E-state index in [-0.39, 0.29) is 6.29 Å². The predicted molar refractivity (Wildman–Crippen MR) is 44.7 cm³/mol. The SMILES string of the molecule is CCCO.CCCOC(=O)C=O. The molecule has 0 atom stereocenters. The zero-order valence-electron chi connectivity index (χ0n) is 7.58. The molecule has 0 aromatic rings. The standard InChI is InChI=1S/C5H8O3.C3H8O/c1-2-3-8-5(7)4-6;1-2-3-4/h4H,2-3H2,1H3;4H,2-3H2,1H3. The van der Waals surface area contributed by atoms with Crippen LogP contribution >= 0.6 is 0 Å². The second kappa shape index (κ2) is 12.7. The fourth-order valence-corrected chi connectivity index (χ4v) is 0.237. The number of rotatable bonds is 4. The number of hydrogen-bond donors (Lipinski definition) is 1. The van der Waals surface area contributed by atoms with Gasteiger partial charge in [0.15, 0.2) is 0 Å². The molecule has 0 bridgehead atoms. The van der Waals surface area contributed by atoms with Crippen LogP contribution in [0.3, 0.4) is 0 Å². The molecule has 4 heteroatoms. The molecule has 0 fully saturated rings. The lowest BCUT2D eigenvalue weighted by atomic mass is 10.5. The van der Waals surface area contributed by atoms with E-state index >= 15 is 0 Å². The number of esters is 1. The molecule has 0 aliphatic heterocycles. The number of aliphatic hydroxyl groups is 1. The van der Waals surface area contributed by atoms with Crippen LogP contribution in [0.1, 0.15) is 26.7 Å². The molecule has 0 saturated carbocycles. The van der Waals surface area contributed by atoms with E-state index in [4.69, 9.17) is 5.11 Å². The van der Waals surface area contributed by atoms with Gasteiger partial charge >= 0.3 is 5.97 Å². The summed E-state index contributed by atoms with van der Waals surface area (Å²) < 4.78 is 4.33. The van der Waals surface area contributed by atoms with E-state index in [1.54, 1.807) is 0 Å². The quantitative estimate of drug-likeness (QED) is 0.385. The van der Waals surface area contributed by atoms with Crippen molar-refractivity contribution >= 4 is 12.3 Å². The first kappa shape index (κ1) is 13.7. The Bertz CT molecular complexity index is 110. The van der Waals surface area contributed by atoms with Gasteiger partial charge in [0.2, 0.25) is 6.29 Å². The van der Waals surface area contributed by atoms with E-state index < -0.39 is 5.97 Å². The molecule has 0 aliphatic rings. The largest absolute Gasteiger partial charge is 0.460 e. The summed E-state index contributed by atoms with van der Waals surface area (Å²) in [6.07, 6.45) is 1.79. The molecule has 12 heavy (non-hydrogen) atoms. The van der Waals surface area contributed by atoms with Crippen LogP contribution in [0.25, 0.3) is 0 Å². The summed E-state index contributed by atoms with van der Waals surface area (Å²) in [7, 11) is 0. The zero-order chi connectivity index (χ0) is 9.82. The lowest BCUT2D eigenvalue weighted by Crippen LogP contribution is -2.05. The van der Waals surface area contributed by atoms with Gasteiger partial charge in [-0.15, -0.1) is 0 Å². The molecule has 72 valence electrons. The maximum Gasteiger partial charge on any atom is 0.371 e. The normalized spacial score (nSPS) is 7.92. The van der Waals surface area contributed by atoms with Gasteiger partial charge in [0.05, 0.1) is 6.61 Å².